The molecule has 0 N–H and O–H groups in total. The molecule has 0 bridgehead atoms. The maximum absolute atomic E-state index is 11.7. The lowest BCUT2D eigenvalue weighted by Gasteiger charge is -2.21. The first-order valence-corrected chi connectivity index (χ1v) is 5.44. The number of halogens is 1. The van der Waals surface area contributed by atoms with Gasteiger partial charge in [-0.1, -0.05) is 36.2 Å². The highest BCUT2D eigenvalue weighted by Gasteiger charge is 2.24. The summed E-state index contributed by atoms with van der Waals surface area (Å²) in [6.45, 7) is 0. The third kappa shape index (κ3) is 1.83. The molecule has 0 radical (unpaired) electrons. The molecular weight excluding hydrogens is 196 g/mol. The van der Waals surface area contributed by atoms with Crippen molar-refractivity contribution < 1.29 is 4.79 Å². The molecule has 0 heterocycles. The van der Waals surface area contributed by atoms with Gasteiger partial charge in [0.2, 0.25) is 0 Å². The van der Waals surface area contributed by atoms with Crippen LogP contribution >= 0.6 is 11.6 Å². The van der Waals surface area contributed by atoms with Crippen LogP contribution in [-0.2, 0) is 4.79 Å². The van der Waals surface area contributed by atoms with Crippen molar-refractivity contribution in [2.24, 2.45) is 0 Å². The highest BCUT2D eigenvalue weighted by molar-refractivity contribution is 6.31. The zero-order valence-corrected chi connectivity index (χ0v) is 8.76. The molecule has 2 rings (SSSR count). The van der Waals surface area contributed by atoms with E-state index in [9.17, 15) is 4.79 Å². The van der Waals surface area contributed by atoms with Crippen LogP contribution in [0.1, 0.15) is 37.2 Å². The van der Waals surface area contributed by atoms with Crippen LogP contribution in [0.25, 0.3) is 0 Å². The second kappa shape index (κ2) is 4.14. The molecule has 0 saturated heterocycles. The summed E-state index contributed by atoms with van der Waals surface area (Å²) < 4.78 is 0. The minimum atomic E-state index is 0.0532. The third-order valence-corrected chi connectivity index (χ3v) is 3.18. The van der Waals surface area contributed by atoms with Gasteiger partial charge >= 0.3 is 0 Å². The van der Waals surface area contributed by atoms with E-state index in [-0.39, 0.29) is 5.92 Å². The van der Waals surface area contributed by atoms with Crippen LogP contribution < -0.4 is 0 Å². The summed E-state index contributed by atoms with van der Waals surface area (Å²) in [4.78, 5) is 11.7. The summed E-state index contributed by atoms with van der Waals surface area (Å²) in [6, 6.07) is 7.68. The second-order valence-electron chi connectivity index (χ2n) is 3.79. The van der Waals surface area contributed by atoms with Gasteiger partial charge in [0, 0.05) is 17.4 Å². The van der Waals surface area contributed by atoms with Gasteiger partial charge in [-0.15, -0.1) is 0 Å². The first-order valence-electron chi connectivity index (χ1n) is 5.06. The summed E-state index contributed by atoms with van der Waals surface area (Å²) >= 11 is 6.07. The zero-order chi connectivity index (χ0) is 9.97. The maximum atomic E-state index is 11.7. The predicted octanol–water partition coefficient (Wildman–Crippen LogP) is 3.57. The van der Waals surface area contributed by atoms with Crippen molar-refractivity contribution in [2.75, 3.05) is 0 Å². The summed E-state index contributed by atoms with van der Waals surface area (Å²) in [6.07, 6.45) is 3.86. The molecule has 1 nitrogen and oxygen atoms in total. The topological polar surface area (TPSA) is 17.1 Å². The number of rotatable bonds is 1. The molecule has 14 heavy (non-hydrogen) atoms. The van der Waals surface area contributed by atoms with E-state index in [4.69, 9.17) is 11.6 Å². The number of carbonyl (C=O) groups excluding carboxylic acids is 1. The fraction of sp³-hybridized carbons (Fsp3) is 0.417. The number of hydrogen-bond donors (Lipinski definition) is 0. The van der Waals surface area contributed by atoms with Gasteiger partial charge in [0.25, 0.3) is 0 Å². The van der Waals surface area contributed by atoms with Crippen LogP contribution in [0, 0.1) is 0 Å². The van der Waals surface area contributed by atoms with Crippen molar-refractivity contribution in [1.29, 1.82) is 0 Å². The van der Waals surface area contributed by atoms with Crippen LogP contribution in [0.2, 0.25) is 5.02 Å². The highest BCUT2D eigenvalue weighted by atomic mass is 35.5. The molecule has 1 fully saturated rings. The van der Waals surface area contributed by atoms with Gasteiger partial charge in [0.05, 0.1) is 0 Å². The van der Waals surface area contributed by atoms with Gasteiger partial charge in [-0.25, -0.2) is 0 Å². The summed E-state index contributed by atoms with van der Waals surface area (Å²) in [5, 5.41) is 0.729. The van der Waals surface area contributed by atoms with Gasteiger partial charge in [-0.05, 0) is 24.5 Å². The van der Waals surface area contributed by atoms with E-state index in [1.54, 1.807) is 0 Å². The molecule has 1 aliphatic carbocycles. The molecule has 1 aromatic rings. The van der Waals surface area contributed by atoms with Crippen LogP contribution in [0.5, 0.6) is 0 Å². The molecule has 0 unspecified atom stereocenters. The summed E-state index contributed by atoms with van der Waals surface area (Å²) in [7, 11) is 0. The lowest BCUT2D eigenvalue weighted by atomic mass is 9.83. The van der Waals surface area contributed by atoms with Crippen LogP contribution in [0.15, 0.2) is 24.3 Å². The minimum Gasteiger partial charge on any atom is -0.299 e. The summed E-state index contributed by atoms with van der Waals surface area (Å²) in [5.74, 6) is 0.404. The zero-order valence-electron chi connectivity index (χ0n) is 8.00. The molecule has 1 aromatic carbocycles. The van der Waals surface area contributed by atoms with Gasteiger partial charge in [0.15, 0.2) is 0 Å². The molecule has 1 atom stereocenters. The van der Waals surface area contributed by atoms with E-state index in [0.717, 1.165) is 36.3 Å². The van der Waals surface area contributed by atoms with Crippen molar-refractivity contribution in [3.63, 3.8) is 0 Å². The Morgan fingerprint density at radius 2 is 2.00 bits per heavy atom. The van der Waals surface area contributed by atoms with E-state index in [1.165, 1.54) is 0 Å². The van der Waals surface area contributed by atoms with E-state index < -0.39 is 0 Å². The Bertz CT molecular complexity index is 346. The molecule has 2 heteroatoms. The lowest BCUT2D eigenvalue weighted by molar-refractivity contribution is -0.121. The number of hydrogen-bond acceptors (Lipinski definition) is 1. The van der Waals surface area contributed by atoms with Crippen molar-refractivity contribution >= 4 is 17.4 Å². The Hall–Kier alpha value is -0.820. The molecule has 0 aliphatic heterocycles. The SMILES string of the molecule is O=C1CCCC[C@@H]1c1ccccc1Cl. The largest absolute Gasteiger partial charge is 0.299 e. The fourth-order valence-electron chi connectivity index (χ4n) is 2.07. The van der Waals surface area contributed by atoms with E-state index >= 15 is 0 Å². The summed E-state index contributed by atoms with van der Waals surface area (Å²) in [5.41, 5.74) is 1.01. The monoisotopic (exact) mass is 208 g/mol. The average Bonchev–Trinajstić information content (AvgIpc) is 2.20. The molecular formula is C12H13ClO. The van der Waals surface area contributed by atoms with Gasteiger partial charge in [-0.2, -0.15) is 0 Å². The van der Waals surface area contributed by atoms with E-state index in [1.807, 2.05) is 24.3 Å². The Kier molecular flexibility index (Phi) is 2.87. The van der Waals surface area contributed by atoms with E-state index in [0.29, 0.717) is 5.78 Å². The highest BCUT2D eigenvalue weighted by Crippen LogP contribution is 2.33. The third-order valence-electron chi connectivity index (χ3n) is 2.84. The Morgan fingerprint density at radius 3 is 2.71 bits per heavy atom. The van der Waals surface area contributed by atoms with Crippen LogP contribution in [0.3, 0.4) is 0 Å². The van der Waals surface area contributed by atoms with Crippen molar-refractivity contribution in [2.45, 2.75) is 31.6 Å². The van der Waals surface area contributed by atoms with Crippen molar-refractivity contribution in [1.82, 2.24) is 0 Å². The Labute approximate surface area is 89.1 Å². The van der Waals surface area contributed by atoms with Crippen molar-refractivity contribution in [3.05, 3.63) is 34.9 Å². The average molecular weight is 209 g/mol. The van der Waals surface area contributed by atoms with Gasteiger partial charge in [-0.3, -0.25) is 4.79 Å². The number of ketones is 1. The molecule has 0 aromatic heterocycles. The van der Waals surface area contributed by atoms with Gasteiger partial charge < -0.3 is 0 Å². The number of benzene rings is 1. The minimum absolute atomic E-state index is 0.0532. The molecule has 1 aliphatic rings. The second-order valence-corrected chi connectivity index (χ2v) is 4.19. The smallest absolute Gasteiger partial charge is 0.140 e. The van der Waals surface area contributed by atoms with Crippen molar-refractivity contribution in [3.8, 4) is 0 Å². The normalized spacial score (nSPS) is 22.4. The predicted molar refractivity (Wildman–Crippen MR) is 57.7 cm³/mol. The Balaban J connectivity index is 2.29. The molecule has 1 saturated carbocycles. The van der Waals surface area contributed by atoms with E-state index in [2.05, 4.69) is 0 Å². The van der Waals surface area contributed by atoms with Crippen LogP contribution in [-0.4, -0.2) is 5.78 Å². The standard InChI is InChI=1S/C12H13ClO/c13-11-7-3-1-5-9(11)10-6-2-4-8-12(10)14/h1,3,5,7,10H,2,4,6,8H2/t10-/m1/s1. The van der Waals surface area contributed by atoms with Crippen LogP contribution in [0.4, 0.5) is 0 Å². The first-order chi connectivity index (χ1) is 6.79. The Morgan fingerprint density at radius 1 is 1.21 bits per heavy atom. The quantitative estimate of drug-likeness (QED) is 0.690. The maximum Gasteiger partial charge on any atom is 0.140 e. The molecule has 0 amide bonds. The fourth-order valence-corrected chi connectivity index (χ4v) is 2.34. The molecule has 0 spiro atoms. The lowest BCUT2D eigenvalue weighted by Crippen LogP contribution is -2.17. The molecule has 74 valence electrons. The number of carbonyl (C=O) groups is 1. The van der Waals surface area contributed by atoms with Gasteiger partial charge in [0.1, 0.15) is 5.78 Å². The first kappa shape index (κ1) is 9.72. The number of Topliss-reactive ketones (excluding diaryl/α,β-unsaturated/α-hetero) is 1.